The van der Waals surface area contributed by atoms with E-state index < -0.39 is 17.3 Å². The SMILES string of the molecule is CCC(F)(CC)CN1CCC(COc2ccc(-c3ccc(C(=O)N4CC(O)CC4(C)COCN)cc3)nc2)CC1. The smallest absolute Gasteiger partial charge is 0.254 e. The van der Waals surface area contributed by atoms with Crippen LogP contribution < -0.4 is 10.5 Å². The lowest BCUT2D eigenvalue weighted by Crippen LogP contribution is -2.48. The van der Waals surface area contributed by atoms with Crippen LogP contribution in [0.15, 0.2) is 42.6 Å². The summed E-state index contributed by atoms with van der Waals surface area (Å²) in [5, 5.41) is 10.2. The van der Waals surface area contributed by atoms with Crippen LogP contribution >= 0.6 is 0 Å². The van der Waals surface area contributed by atoms with E-state index in [1.807, 2.05) is 45.0 Å². The van der Waals surface area contributed by atoms with E-state index in [0.29, 0.717) is 43.9 Å². The van der Waals surface area contributed by atoms with Gasteiger partial charge in [0.15, 0.2) is 0 Å². The molecule has 2 unspecified atom stereocenters. The van der Waals surface area contributed by atoms with Gasteiger partial charge in [0.05, 0.1) is 43.5 Å². The van der Waals surface area contributed by atoms with E-state index >= 15 is 0 Å². The third kappa shape index (κ3) is 7.37. The number of carbonyl (C=O) groups excluding carboxylic acids is 1. The van der Waals surface area contributed by atoms with Gasteiger partial charge in [0.25, 0.3) is 5.91 Å². The molecule has 1 aromatic carbocycles. The van der Waals surface area contributed by atoms with Crippen molar-refractivity contribution in [3.63, 3.8) is 0 Å². The van der Waals surface area contributed by atoms with Crippen molar-refractivity contribution in [3.8, 4) is 17.0 Å². The number of hydrogen-bond acceptors (Lipinski definition) is 7. The third-order valence-electron chi connectivity index (χ3n) is 8.63. The Morgan fingerprint density at radius 1 is 1.18 bits per heavy atom. The summed E-state index contributed by atoms with van der Waals surface area (Å²) in [5.74, 6) is 1.04. The van der Waals surface area contributed by atoms with Crippen LogP contribution in [0.3, 0.4) is 0 Å². The minimum Gasteiger partial charge on any atom is -0.492 e. The fourth-order valence-electron chi connectivity index (χ4n) is 5.83. The second-order valence-corrected chi connectivity index (χ2v) is 11.6. The average molecular weight is 557 g/mol. The lowest BCUT2D eigenvalue weighted by molar-refractivity contribution is 0.0232. The number of nitrogens with zero attached hydrogens (tertiary/aromatic N) is 3. The fourth-order valence-corrected chi connectivity index (χ4v) is 5.83. The number of halogens is 1. The van der Waals surface area contributed by atoms with Gasteiger partial charge in [-0.2, -0.15) is 0 Å². The second kappa shape index (κ2) is 13.4. The van der Waals surface area contributed by atoms with Crippen LogP contribution in [0.4, 0.5) is 4.39 Å². The van der Waals surface area contributed by atoms with Crippen molar-refractivity contribution in [2.45, 2.75) is 70.2 Å². The number of alkyl halides is 1. The van der Waals surface area contributed by atoms with E-state index in [1.54, 1.807) is 23.2 Å². The molecular formula is C31H45FN4O4. The standard InChI is InChI=1S/C31H45FN4O4/c1-4-31(32,5-2)20-35-14-12-23(13-15-35)19-40-27-10-11-28(34-17-27)24-6-8-25(9-7-24)29(38)36-18-26(37)16-30(36,3)21-39-22-33/h6-11,17,23,26,37H,4-5,12-16,18-22,33H2,1-3H3. The number of ether oxygens (including phenoxy) is 2. The van der Waals surface area contributed by atoms with E-state index in [9.17, 15) is 14.3 Å². The summed E-state index contributed by atoms with van der Waals surface area (Å²) in [5.41, 5.74) is 6.03. The number of rotatable bonds is 12. The molecule has 2 aliphatic rings. The van der Waals surface area contributed by atoms with Gasteiger partial charge in [-0.3, -0.25) is 9.78 Å². The first-order valence-corrected chi connectivity index (χ1v) is 14.6. The minimum absolute atomic E-state index is 0.0684. The van der Waals surface area contributed by atoms with Gasteiger partial charge in [0.1, 0.15) is 11.4 Å². The van der Waals surface area contributed by atoms with Crippen LogP contribution in [0.5, 0.6) is 5.75 Å². The highest BCUT2D eigenvalue weighted by Crippen LogP contribution is 2.32. The lowest BCUT2D eigenvalue weighted by atomic mass is 9.94. The summed E-state index contributed by atoms with van der Waals surface area (Å²) < 4.78 is 26.2. The molecule has 8 nitrogen and oxygen atoms in total. The maximum absolute atomic E-state index is 14.7. The molecule has 3 heterocycles. The first-order chi connectivity index (χ1) is 19.2. The van der Waals surface area contributed by atoms with Crippen LogP contribution in [-0.4, -0.2) is 89.2 Å². The fraction of sp³-hybridized carbons (Fsp3) is 0.613. The molecular weight excluding hydrogens is 511 g/mol. The van der Waals surface area contributed by atoms with E-state index in [2.05, 4.69) is 9.88 Å². The molecule has 2 atom stereocenters. The van der Waals surface area contributed by atoms with Gasteiger partial charge in [-0.25, -0.2) is 4.39 Å². The number of aromatic nitrogens is 1. The van der Waals surface area contributed by atoms with Gasteiger partial charge in [-0.15, -0.1) is 0 Å². The summed E-state index contributed by atoms with van der Waals surface area (Å²) in [7, 11) is 0. The zero-order valence-corrected chi connectivity index (χ0v) is 24.2. The molecule has 220 valence electrons. The van der Waals surface area contributed by atoms with Crippen molar-refractivity contribution in [1.29, 1.82) is 0 Å². The molecule has 1 aromatic heterocycles. The number of amides is 1. The maximum Gasteiger partial charge on any atom is 0.254 e. The summed E-state index contributed by atoms with van der Waals surface area (Å²) in [6.07, 6.45) is 4.74. The topological polar surface area (TPSA) is 101 Å². The third-order valence-corrected chi connectivity index (χ3v) is 8.63. The molecule has 2 aliphatic heterocycles. The molecule has 0 spiro atoms. The summed E-state index contributed by atoms with van der Waals surface area (Å²) in [6.45, 7) is 9.37. The Morgan fingerprint density at radius 3 is 2.48 bits per heavy atom. The molecule has 2 fully saturated rings. The molecule has 40 heavy (non-hydrogen) atoms. The van der Waals surface area contributed by atoms with Crippen molar-refractivity contribution in [2.75, 3.05) is 46.1 Å². The molecule has 3 N–H and O–H groups in total. The number of hydrogen-bond donors (Lipinski definition) is 2. The molecule has 1 amide bonds. The first kappa shape index (κ1) is 30.4. The van der Waals surface area contributed by atoms with Crippen molar-refractivity contribution < 1.29 is 23.8 Å². The molecule has 2 saturated heterocycles. The Morgan fingerprint density at radius 2 is 1.88 bits per heavy atom. The number of piperidine rings is 1. The summed E-state index contributed by atoms with van der Waals surface area (Å²) in [6, 6.07) is 11.2. The predicted molar refractivity (Wildman–Crippen MR) is 154 cm³/mol. The van der Waals surface area contributed by atoms with Gasteiger partial charge in [0, 0.05) is 30.6 Å². The average Bonchev–Trinajstić information content (AvgIpc) is 3.29. The highest BCUT2D eigenvalue weighted by molar-refractivity contribution is 5.95. The Hall–Kier alpha value is -2.59. The molecule has 0 aliphatic carbocycles. The van der Waals surface area contributed by atoms with Gasteiger partial charge >= 0.3 is 0 Å². The quantitative estimate of drug-likeness (QED) is 0.377. The van der Waals surface area contributed by atoms with E-state index in [0.717, 1.165) is 42.9 Å². The van der Waals surface area contributed by atoms with Gasteiger partial charge < -0.3 is 30.1 Å². The van der Waals surface area contributed by atoms with Crippen LogP contribution in [0, 0.1) is 5.92 Å². The van der Waals surface area contributed by atoms with Crippen LogP contribution in [0.25, 0.3) is 11.3 Å². The van der Waals surface area contributed by atoms with E-state index in [1.165, 1.54) is 0 Å². The first-order valence-electron chi connectivity index (χ1n) is 14.6. The molecule has 0 saturated carbocycles. The van der Waals surface area contributed by atoms with E-state index in [-0.39, 0.29) is 25.8 Å². The Labute approximate surface area is 237 Å². The lowest BCUT2D eigenvalue weighted by Gasteiger charge is -2.36. The minimum atomic E-state index is -1.08. The number of likely N-dealkylation sites (tertiary alicyclic amines) is 2. The predicted octanol–water partition coefficient (Wildman–Crippen LogP) is 4.27. The Kier molecular flexibility index (Phi) is 10.2. The number of carbonyl (C=O) groups is 1. The number of pyridine rings is 1. The van der Waals surface area contributed by atoms with Crippen LogP contribution in [0.2, 0.25) is 0 Å². The molecule has 0 radical (unpaired) electrons. The molecule has 4 rings (SSSR count). The van der Waals surface area contributed by atoms with Gasteiger partial charge in [0.2, 0.25) is 0 Å². The largest absolute Gasteiger partial charge is 0.492 e. The second-order valence-electron chi connectivity index (χ2n) is 11.6. The Bertz CT molecular complexity index is 1090. The monoisotopic (exact) mass is 556 g/mol. The molecule has 9 heteroatoms. The normalized spacial score (nSPS) is 22.6. The number of aliphatic hydroxyl groups is 1. The maximum atomic E-state index is 14.7. The zero-order chi connectivity index (χ0) is 28.8. The molecule has 2 aromatic rings. The highest BCUT2D eigenvalue weighted by atomic mass is 19.1. The van der Waals surface area contributed by atoms with Crippen molar-refractivity contribution in [1.82, 2.24) is 14.8 Å². The van der Waals surface area contributed by atoms with E-state index in [4.69, 9.17) is 15.2 Å². The molecule has 0 bridgehead atoms. The van der Waals surface area contributed by atoms with Crippen molar-refractivity contribution in [3.05, 3.63) is 48.2 Å². The van der Waals surface area contributed by atoms with Crippen LogP contribution in [-0.2, 0) is 4.74 Å². The number of benzene rings is 1. The highest BCUT2D eigenvalue weighted by Gasteiger charge is 2.44. The van der Waals surface area contributed by atoms with Crippen molar-refractivity contribution in [2.24, 2.45) is 11.7 Å². The number of aliphatic hydroxyl groups excluding tert-OH is 1. The van der Waals surface area contributed by atoms with Crippen molar-refractivity contribution >= 4 is 5.91 Å². The number of nitrogens with two attached hydrogens (primary N) is 1. The number of β-amino-alcohol motifs (C(OH)–C–C–N with tert-alkyl or cyclic N) is 1. The zero-order valence-electron chi connectivity index (χ0n) is 24.2. The van der Waals surface area contributed by atoms with Gasteiger partial charge in [-0.1, -0.05) is 26.0 Å². The summed E-state index contributed by atoms with van der Waals surface area (Å²) >= 11 is 0. The Balaban J connectivity index is 1.28. The summed E-state index contributed by atoms with van der Waals surface area (Å²) in [4.78, 5) is 21.8. The van der Waals surface area contributed by atoms with Gasteiger partial charge in [-0.05, 0) is 75.9 Å². The van der Waals surface area contributed by atoms with Crippen LogP contribution in [0.1, 0.15) is 63.2 Å².